The normalized spacial score (nSPS) is 8.85. The van der Waals surface area contributed by atoms with E-state index in [9.17, 15) is 0 Å². The van der Waals surface area contributed by atoms with Gasteiger partial charge in [-0.05, 0) is 17.2 Å². The molecule has 2 nitrogen and oxygen atoms in total. The smallest absolute Gasteiger partial charge is 0.0670 e. The van der Waals surface area contributed by atoms with Crippen molar-refractivity contribution in [3.8, 4) is 12.1 Å². The Bertz CT molecular complexity index is 385. The molecule has 1 aromatic carbocycles. The predicted octanol–water partition coefficient (Wildman–Crippen LogP) is 2.58. The number of rotatable bonds is 2. The number of nitrogens with zero attached hydrogens (tertiary/aromatic N) is 2. The standard InChI is InChI=1S/C10H7BrN2/c11-10-7-8(3-5-12)1-2-9(10)4-6-13/h1-2,7H,3-4H2. The fraction of sp³-hybridized carbons (Fsp3) is 0.200. The van der Waals surface area contributed by atoms with Gasteiger partial charge in [-0.3, -0.25) is 0 Å². The Morgan fingerprint density at radius 2 is 1.85 bits per heavy atom. The van der Waals surface area contributed by atoms with Crippen LogP contribution >= 0.6 is 15.9 Å². The second-order valence-corrected chi connectivity index (χ2v) is 3.45. The molecule has 0 amide bonds. The zero-order valence-electron chi connectivity index (χ0n) is 6.92. The Morgan fingerprint density at radius 1 is 1.15 bits per heavy atom. The van der Waals surface area contributed by atoms with Crippen molar-refractivity contribution in [1.82, 2.24) is 0 Å². The first kappa shape index (κ1) is 9.77. The van der Waals surface area contributed by atoms with Crippen LogP contribution < -0.4 is 0 Å². The number of benzene rings is 1. The lowest BCUT2D eigenvalue weighted by Crippen LogP contribution is -1.87. The van der Waals surface area contributed by atoms with Gasteiger partial charge in [-0.2, -0.15) is 10.5 Å². The quantitative estimate of drug-likeness (QED) is 0.790. The molecule has 1 aromatic rings. The van der Waals surface area contributed by atoms with E-state index in [0.717, 1.165) is 15.6 Å². The van der Waals surface area contributed by atoms with Crippen LogP contribution in [-0.2, 0) is 12.8 Å². The van der Waals surface area contributed by atoms with E-state index in [4.69, 9.17) is 10.5 Å². The van der Waals surface area contributed by atoms with Gasteiger partial charge in [-0.25, -0.2) is 0 Å². The molecule has 64 valence electrons. The molecule has 3 heteroatoms. The molecule has 0 N–H and O–H groups in total. The van der Waals surface area contributed by atoms with Crippen molar-refractivity contribution in [2.45, 2.75) is 12.8 Å². The Labute approximate surface area is 85.5 Å². The summed E-state index contributed by atoms with van der Waals surface area (Å²) in [5.74, 6) is 0. The molecular weight excluding hydrogens is 228 g/mol. The average Bonchev–Trinajstić information content (AvgIpc) is 2.10. The van der Waals surface area contributed by atoms with Gasteiger partial charge in [-0.15, -0.1) is 0 Å². The Balaban J connectivity index is 2.94. The van der Waals surface area contributed by atoms with Crippen LogP contribution in [0.1, 0.15) is 11.1 Å². The maximum atomic E-state index is 8.49. The number of hydrogen-bond donors (Lipinski definition) is 0. The summed E-state index contributed by atoms with van der Waals surface area (Å²) in [6.45, 7) is 0. The van der Waals surface area contributed by atoms with Crippen molar-refractivity contribution < 1.29 is 0 Å². The molecule has 0 heterocycles. The van der Waals surface area contributed by atoms with Gasteiger partial charge in [0.2, 0.25) is 0 Å². The largest absolute Gasteiger partial charge is 0.198 e. The van der Waals surface area contributed by atoms with E-state index in [-0.39, 0.29) is 0 Å². The molecule has 0 aliphatic rings. The number of halogens is 1. The fourth-order valence-electron chi connectivity index (χ4n) is 1.02. The maximum absolute atomic E-state index is 8.49. The van der Waals surface area contributed by atoms with Gasteiger partial charge in [0.1, 0.15) is 0 Å². The summed E-state index contributed by atoms with van der Waals surface area (Å²) in [6.07, 6.45) is 0.804. The van der Waals surface area contributed by atoms with Crippen LogP contribution in [-0.4, -0.2) is 0 Å². The van der Waals surface area contributed by atoms with Gasteiger partial charge < -0.3 is 0 Å². The molecule has 0 saturated carbocycles. The summed E-state index contributed by atoms with van der Waals surface area (Å²) in [5, 5.41) is 17.0. The molecule has 0 aliphatic carbocycles. The highest BCUT2D eigenvalue weighted by Gasteiger charge is 2.00. The van der Waals surface area contributed by atoms with E-state index < -0.39 is 0 Å². The monoisotopic (exact) mass is 234 g/mol. The summed E-state index contributed by atoms with van der Waals surface area (Å²) in [4.78, 5) is 0. The third kappa shape index (κ3) is 2.57. The van der Waals surface area contributed by atoms with E-state index in [0.29, 0.717) is 12.8 Å². The molecule has 13 heavy (non-hydrogen) atoms. The van der Waals surface area contributed by atoms with Crippen LogP contribution in [0.3, 0.4) is 0 Å². The topological polar surface area (TPSA) is 47.6 Å². The van der Waals surface area contributed by atoms with Crippen LogP contribution in [0, 0.1) is 22.7 Å². The second kappa shape index (κ2) is 4.64. The van der Waals surface area contributed by atoms with Crippen molar-refractivity contribution in [2.24, 2.45) is 0 Å². The minimum Gasteiger partial charge on any atom is -0.198 e. The van der Waals surface area contributed by atoms with Gasteiger partial charge in [0.15, 0.2) is 0 Å². The van der Waals surface area contributed by atoms with E-state index in [1.54, 1.807) is 0 Å². The molecule has 0 radical (unpaired) electrons. The van der Waals surface area contributed by atoms with Gasteiger partial charge >= 0.3 is 0 Å². The van der Waals surface area contributed by atoms with Crippen molar-refractivity contribution in [3.63, 3.8) is 0 Å². The Kier molecular flexibility index (Phi) is 3.49. The van der Waals surface area contributed by atoms with Crippen molar-refractivity contribution in [2.75, 3.05) is 0 Å². The first-order valence-electron chi connectivity index (χ1n) is 3.79. The fourth-order valence-corrected chi connectivity index (χ4v) is 1.59. The van der Waals surface area contributed by atoms with E-state index in [2.05, 4.69) is 28.1 Å². The minimum atomic E-state index is 0.396. The summed E-state index contributed by atoms with van der Waals surface area (Å²) in [6, 6.07) is 9.79. The molecule has 0 aliphatic heterocycles. The highest BCUT2D eigenvalue weighted by Crippen LogP contribution is 2.19. The summed E-state index contributed by atoms with van der Waals surface area (Å²) in [7, 11) is 0. The molecule has 0 bridgehead atoms. The lowest BCUT2D eigenvalue weighted by Gasteiger charge is -2.01. The van der Waals surface area contributed by atoms with E-state index in [1.165, 1.54) is 0 Å². The first-order chi connectivity index (χ1) is 6.27. The minimum absolute atomic E-state index is 0.396. The lowest BCUT2D eigenvalue weighted by molar-refractivity contribution is 1.20. The van der Waals surface area contributed by atoms with Crippen LogP contribution in [0.25, 0.3) is 0 Å². The Morgan fingerprint density at radius 3 is 2.38 bits per heavy atom. The number of hydrogen-bond acceptors (Lipinski definition) is 2. The van der Waals surface area contributed by atoms with Gasteiger partial charge in [0, 0.05) is 4.47 Å². The third-order valence-electron chi connectivity index (χ3n) is 1.67. The highest BCUT2D eigenvalue weighted by atomic mass is 79.9. The number of nitriles is 2. The Hall–Kier alpha value is -1.32. The third-order valence-corrected chi connectivity index (χ3v) is 2.41. The van der Waals surface area contributed by atoms with Gasteiger partial charge in [-0.1, -0.05) is 28.1 Å². The van der Waals surface area contributed by atoms with Crippen molar-refractivity contribution >= 4 is 15.9 Å². The molecule has 1 rings (SSSR count). The highest BCUT2D eigenvalue weighted by molar-refractivity contribution is 9.10. The van der Waals surface area contributed by atoms with Crippen LogP contribution in [0.4, 0.5) is 0 Å². The van der Waals surface area contributed by atoms with Crippen molar-refractivity contribution in [1.29, 1.82) is 10.5 Å². The molecule has 0 spiro atoms. The van der Waals surface area contributed by atoms with Gasteiger partial charge in [0.05, 0.1) is 25.0 Å². The van der Waals surface area contributed by atoms with Crippen molar-refractivity contribution in [3.05, 3.63) is 33.8 Å². The molecule has 0 fully saturated rings. The summed E-state index contributed by atoms with van der Waals surface area (Å²) in [5.41, 5.74) is 1.93. The van der Waals surface area contributed by atoms with E-state index in [1.807, 2.05) is 18.2 Å². The maximum Gasteiger partial charge on any atom is 0.0670 e. The van der Waals surface area contributed by atoms with Crippen LogP contribution in [0.5, 0.6) is 0 Å². The molecule has 0 saturated heterocycles. The van der Waals surface area contributed by atoms with Crippen LogP contribution in [0.15, 0.2) is 22.7 Å². The molecule has 0 atom stereocenters. The first-order valence-corrected chi connectivity index (χ1v) is 4.58. The second-order valence-electron chi connectivity index (χ2n) is 2.60. The van der Waals surface area contributed by atoms with Gasteiger partial charge in [0.25, 0.3) is 0 Å². The zero-order chi connectivity index (χ0) is 9.68. The SMILES string of the molecule is N#CCc1ccc(CC#N)c(Br)c1. The average molecular weight is 235 g/mol. The summed E-state index contributed by atoms with van der Waals surface area (Å²) >= 11 is 3.36. The molecular formula is C10H7BrN2. The lowest BCUT2D eigenvalue weighted by atomic mass is 10.1. The van der Waals surface area contributed by atoms with E-state index >= 15 is 0 Å². The summed E-state index contributed by atoms with van der Waals surface area (Å²) < 4.78 is 0.904. The van der Waals surface area contributed by atoms with Crippen LogP contribution in [0.2, 0.25) is 0 Å². The molecule has 0 unspecified atom stereocenters. The predicted molar refractivity (Wildman–Crippen MR) is 52.8 cm³/mol. The molecule has 0 aromatic heterocycles. The zero-order valence-corrected chi connectivity index (χ0v) is 8.50.